The van der Waals surface area contributed by atoms with Gasteiger partial charge in [-0.25, -0.2) is 4.79 Å². The van der Waals surface area contributed by atoms with E-state index in [2.05, 4.69) is 5.32 Å². The van der Waals surface area contributed by atoms with Crippen molar-refractivity contribution < 1.29 is 29.3 Å². The van der Waals surface area contributed by atoms with E-state index in [1.807, 2.05) is 0 Å². The number of aryl methyl sites for hydroxylation is 1. The standard InChI is InChI=1S/C22H29N3O6/c1-25-16-9-4-3-7-14(16)17(18(25)20(28)29)22(21(23)30)10-6-5-8-15(22)19(27)24-11-13(26)12-31-2/h3-4,7,9,13,15,26H,5-6,8,10-12H2,1-2H3,(H2,23,30)(H,24,27)(H,28,29)/t13?,15-,22-/m0/s1. The van der Waals surface area contributed by atoms with Gasteiger partial charge in [-0.05, 0) is 18.9 Å². The number of carboxylic acids is 1. The molecule has 0 saturated heterocycles. The summed E-state index contributed by atoms with van der Waals surface area (Å²) in [6.07, 6.45) is 1.11. The Hall–Kier alpha value is -2.91. The lowest BCUT2D eigenvalue weighted by molar-refractivity contribution is -0.137. The van der Waals surface area contributed by atoms with Gasteiger partial charge in [0, 0.05) is 37.2 Å². The van der Waals surface area contributed by atoms with Crippen molar-refractivity contribution in [3.05, 3.63) is 35.5 Å². The molecule has 0 bridgehead atoms. The molecule has 5 N–H and O–H groups in total. The number of carbonyl (C=O) groups is 3. The van der Waals surface area contributed by atoms with Crippen molar-refractivity contribution in [1.29, 1.82) is 0 Å². The molecule has 1 fully saturated rings. The molecule has 9 heteroatoms. The second-order valence-corrected chi connectivity index (χ2v) is 8.09. The first kappa shape index (κ1) is 22.8. The number of benzene rings is 1. The summed E-state index contributed by atoms with van der Waals surface area (Å²) in [5.74, 6) is -3.19. The second kappa shape index (κ2) is 9.07. The number of amides is 2. The molecule has 2 aromatic rings. The van der Waals surface area contributed by atoms with Crippen LogP contribution in [0.25, 0.3) is 10.9 Å². The molecule has 31 heavy (non-hydrogen) atoms. The smallest absolute Gasteiger partial charge is 0.352 e. The van der Waals surface area contributed by atoms with Crippen LogP contribution < -0.4 is 11.1 Å². The van der Waals surface area contributed by atoms with E-state index in [4.69, 9.17) is 10.5 Å². The average Bonchev–Trinajstić information content (AvgIpc) is 3.05. The second-order valence-electron chi connectivity index (χ2n) is 8.09. The number of nitrogens with one attached hydrogen (secondary N) is 1. The summed E-state index contributed by atoms with van der Waals surface area (Å²) in [6, 6.07) is 7.09. The molecule has 168 valence electrons. The molecule has 0 spiro atoms. The zero-order valence-corrected chi connectivity index (χ0v) is 17.8. The van der Waals surface area contributed by atoms with Crippen molar-refractivity contribution in [3.8, 4) is 0 Å². The summed E-state index contributed by atoms with van der Waals surface area (Å²) in [4.78, 5) is 38.5. The Balaban J connectivity index is 2.16. The van der Waals surface area contributed by atoms with Gasteiger partial charge in [0.05, 0.1) is 24.0 Å². The van der Waals surface area contributed by atoms with Crippen molar-refractivity contribution in [2.45, 2.75) is 37.2 Å². The minimum absolute atomic E-state index is 0.0423. The molecular weight excluding hydrogens is 402 g/mol. The number of para-hydroxylation sites is 1. The fraction of sp³-hybridized carbons (Fsp3) is 0.500. The molecule has 9 nitrogen and oxygen atoms in total. The van der Waals surface area contributed by atoms with Crippen LogP contribution in [0.2, 0.25) is 0 Å². The van der Waals surface area contributed by atoms with Gasteiger partial charge in [0.2, 0.25) is 11.8 Å². The lowest BCUT2D eigenvalue weighted by Crippen LogP contribution is -2.55. The monoisotopic (exact) mass is 431 g/mol. The minimum atomic E-state index is -1.47. The SMILES string of the molecule is COCC(O)CNC(=O)[C@@H]1CCCC[C@@]1(C(N)=O)c1c(C(=O)O)n(C)c2ccccc12. The Kier molecular flexibility index (Phi) is 6.66. The molecule has 1 aromatic carbocycles. The van der Waals surface area contributed by atoms with Gasteiger partial charge in [-0.1, -0.05) is 31.0 Å². The number of aliphatic hydroxyl groups excluding tert-OH is 1. The lowest BCUT2D eigenvalue weighted by Gasteiger charge is -2.41. The van der Waals surface area contributed by atoms with Gasteiger partial charge in [0.25, 0.3) is 0 Å². The van der Waals surface area contributed by atoms with E-state index >= 15 is 0 Å². The zero-order chi connectivity index (χ0) is 22.8. The van der Waals surface area contributed by atoms with Crippen LogP contribution in [-0.4, -0.2) is 58.9 Å². The number of hydrogen-bond donors (Lipinski definition) is 4. The highest BCUT2D eigenvalue weighted by atomic mass is 16.5. The molecule has 2 amide bonds. The first-order valence-corrected chi connectivity index (χ1v) is 10.3. The Morgan fingerprint density at radius 2 is 2.03 bits per heavy atom. The van der Waals surface area contributed by atoms with Crippen molar-refractivity contribution in [1.82, 2.24) is 9.88 Å². The van der Waals surface area contributed by atoms with E-state index in [1.165, 1.54) is 11.7 Å². The predicted octanol–water partition coefficient (Wildman–Crippen LogP) is 0.913. The summed E-state index contributed by atoms with van der Waals surface area (Å²) in [5, 5.41) is 23.2. The van der Waals surface area contributed by atoms with Gasteiger partial charge in [-0.15, -0.1) is 0 Å². The number of carboxylic acid groups (broad SMARTS) is 1. The Morgan fingerprint density at radius 1 is 1.32 bits per heavy atom. The summed E-state index contributed by atoms with van der Waals surface area (Å²) in [6.45, 7) is 0.0116. The van der Waals surface area contributed by atoms with Crippen molar-refractivity contribution >= 4 is 28.7 Å². The molecule has 1 aromatic heterocycles. The Morgan fingerprint density at radius 3 is 2.68 bits per heavy atom. The average molecular weight is 431 g/mol. The van der Waals surface area contributed by atoms with Crippen molar-refractivity contribution in [2.75, 3.05) is 20.3 Å². The molecular formula is C22H29N3O6. The molecule has 3 atom stereocenters. The topological polar surface area (TPSA) is 144 Å². The van der Waals surface area contributed by atoms with Gasteiger partial charge in [0.1, 0.15) is 5.69 Å². The van der Waals surface area contributed by atoms with Crippen molar-refractivity contribution in [3.63, 3.8) is 0 Å². The number of fused-ring (bicyclic) bond motifs is 1. The van der Waals surface area contributed by atoms with Gasteiger partial charge in [-0.3, -0.25) is 9.59 Å². The third kappa shape index (κ3) is 3.90. The van der Waals surface area contributed by atoms with Gasteiger partial charge in [0.15, 0.2) is 0 Å². The highest BCUT2D eigenvalue weighted by molar-refractivity contribution is 6.05. The lowest BCUT2D eigenvalue weighted by atomic mass is 9.60. The molecule has 1 saturated carbocycles. The third-order valence-corrected chi connectivity index (χ3v) is 6.29. The molecule has 1 heterocycles. The van der Waals surface area contributed by atoms with Crippen LogP contribution in [0, 0.1) is 5.92 Å². The van der Waals surface area contributed by atoms with E-state index in [9.17, 15) is 24.6 Å². The first-order valence-electron chi connectivity index (χ1n) is 10.3. The molecule has 1 aliphatic rings. The number of carbonyl (C=O) groups excluding carboxylic acids is 2. The Labute approximate surface area is 180 Å². The van der Waals surface area contributed by atoms with Crippen LogP contribution in [0.5, 0.6) is 0 Å². The van der Waals surface area contributed by atoms with Crippen LogP contribution >= 0.6 is 0 Å². The molecule has 0 radical (unpaired) electrons. The highest BCUT2D eigenvalue weighted by Gasteiger charge is 2.53. The summed E-state index contributed by atoms with van der Waals surface area (Å²) < 4.78 is 6.41. The van der Waals surface area contributed by atoms with E-state index in [1.54, 1.807) is 31.3 Å². The highest BCUT2D eigenvalue weighted by Crippen LogP contribution is 2.48. The maximum Gasteiger partial charge on any atom is 0.352 e. The van der Waals surface area contributed by atoms with Crippen LogP contribution in [-0.2, 0) is 26.8 Å². The summed E-state index contributed by atoms with van der Waals surface area (Å²) in [7, 11) is 3.07. The number of aliphatic hydroxyl groups is 1. The Bertz CT molecular complexity index is 1000. The normalized spacial score (nSPS) is 22.2. The van der Waals surface area contributed by atoms with E-state index < -0.39 is 35.2 Å². The maximum atomic E-state index is 13.2. The number of primary amides is 1. The van der Waals surface area contributed by atoms with Crippen molar-refractivity contribution in [2.24, 2.45) is 18.7 Å². The number of rotatable bonds is 8. The first-order chi connectivity index (χ1) is 14.8. The molecule has 1 aliphatic carbocycles. The van der Waals surface area contributed by atoms with Crippen LogP contribution in [0.3, 0.4) is 0 Å². The number of ether oxygens (including phenoxy) is 1. The predicted molar refractivity (Wildman–Crippen MR) is 114 cm³/mol. The minimum Gasteiger partial charge on any atom is -0.477 e. The number of methoxy groups -OCH3 is 1. The van der Waals surface area contributed by atoms with Gasteiger partial charge < -0.3 is 30.6 Å². The zero-order valence-electron chi connectivity index (χ0n) is 17.8. The largest absolute Gasteiger partial charge is 0.477 e. The van der Waals surface area contributed by atoms with E-state index in [0.29, 0.717) is 35.7 Å². The number of aromatic carboxylic acids is 1. The molecule has 0 aliphatic heterocycles. The van der Waals surface area contributed by atoms with E-state index in [0.717, 1.165) is 0 Å². The van der Waals surface area contributed by atoms with Gasteiger partial charge in [-0.2, -0.15) is 0 Å². The molecule has 1 unspecified atom stereocenters. The maximum absolute atomic E-state index is 13.2. The fourth-order valence-corrected chi connectivity index (χ4v) is 4.93. The number of nitrogens with zero attached hydrogens (tertiary/aromatic N) is 1. The summed E-state index contributed by atoms with van der Waals surface area (Å²) in [5.41, 5.74) is 5.38. The fourth-order valence-electron chi connectivity index (χ4n) is 4.93. The quantitative estimate of drug-likeness (QED) is 0.489. The third-order valence-electron chi connectivity index (χ3n) is 6.29. The molecule has 3 rings (SSSR count). The van der Waals surface area contributed by atoms with Crippen LogP contribution in [0.15, 0.2) is 24.3 Å². The number of hydrogen-bond acceptors (Lipinski definition) is 5. The van der Waals surface area contributed by atoms with E-state index in [-0.39, 0.29) is 25.3 Å². The van der Waals surface area contributed by atoms with Crippen LogP contribution in [0.1, 0.15) is 41.7 Å². The van der Waals surface area contributed by atoms with Gasteiger partial charge >= 0.3 is 5.97 Å². The number of aromatic nitrogens is 1. The number of nitrogens with two attached hydrogens (primary N) is 1. The van der Waals surface area contributed by atoms with Crippen LogP contribution in [0.4, 0.5) is 0 Å². The summed E-state index contributed by atoms with van der Waals surface area (Å²) >= 11 is 0.